The Morgan fingerprint density at radius 2 is 1.10 bits per heavy atom. The van der Waals surface area contributed by atoms with Crippen LogP contribution in [0.25, 0.3) is 0 Å². The fourth-order valence-electron chi connectivity index (χ4n) is 5.63. The molecule has 0 aliphatic rings. The van der Waals surface area contributed by atoms with Crippen molar-refractivity contribution < 1.29 is 40.3 Å². The average molecular weight is 757 g/mol. The van der Waals surface area contributed by atoms with Crippen LogP contribution < -0.4 is 5.32 Å². The lowest BCUT2D eigenvalue weighted by Gasteiger charge is -2.25. The van der Waals surface area contributed by atoms with Gasteiger partial charge in [0.15, 0.2) is 0 Å². The molecule has 0 spiro atoms. The van der Waals surface area contributed by atoms with Gasteiger partial charge in [0.25, 0.3) is 0 Å². The maximum atomic E-state index is 11.9. The Hall–Kier alpha value is -0.950. The molecule has 0 bridgehead atoms. The zero-order valence-electron chi connectivity index (χ0n) is 34.0. The lowest BCUT2D eigenvalue weighted by molar-refractivity contribution is -0.150. The number of amides is 1. The molecule has 0 aliphatic carbocycles. The SMILES string of the molecule is CCCCCCCC(=O)OC(CCCC)CCCCC.CCCCCCCCOCCCCCCCCN(O)CCCNC(=O)CS(C)(O)O.O.[HH]. The molecule has 0 saturated heterocycles. The summed E-state index contributed by atoms with van der Waals surface area (Å²) >= 11 is 0. The summed E-state index contributed by atoms with van der Waals surface area (Å²) < 4.78 is 29.8. The number of esters is 1. The Balaban J connectivity index is -0.000000459. The van der Waals surface area contributed by atoms with Crippen molar-refractivity contribution >= 4 is 22.5 Å². The molecule has 10 nitrogen and oxygen atoms in total. The second-order valence-electron chi connectivity index (χ2n) is 14.2. The summed E-state index contributed by atoms with van der Waals surface area (Å²) in [5, 5.41) is 13.8. The van der Waals surface area contributed by atoms with Crippen molar-refractivity contribution in [3.8, 4) is 0 Å². The van der Waals surface area contributed by atoms with Crippen LogP contribution in [0.5, 0.6) is 0 Å². The molecule has 0 rings (SSSR count). The maximum absolute atomic E-state index is 11.9. The molecular weight excluding hydrogens is 669 g/mol. The predicted molar refractivity (Wildman–Crippen MR) is 219 cm³/mol. The predicted octanol–water partition coefficient (Wildman–Crippen LogP) is 10.7. The molecule has 51 heavy (non-hydrogen) atoms. The first-order valence-corrected chi connectivity index (χ1v) is 22.9. The summed E-state index contributed by atoms with van der Waals surface area (Å²) in [6.45, 7) is 12.2. The molecule has 0 aromatic heterocycles. The second-order valence-corrected chi connectivity index (χ2v) is 16.5. The topological polar surface area (TPSA) is 160 Å². The molecule has 1 amide bonds. The first-order valence-electron chi connectivity index (χ1n) is 20.8. The lowest BCUT2D eigenvalue weighted by Crippen LogP contribution is -2.31. The zero-order valence-corrected chi connectivity index (χ0v) is 34.9. The van der Waals surface area contributed by atoms with Gasteiger partial charge in [-0.25, -0.2) is 0 Å². The number of hydrogen-bond donors (Lipinski definition) is 4. The van der Waals surface area contributed by atoms with Crippen molar-refractivity contribution in [2.75, 3.05) is 44.9 Å². The van der Waals surface area contributed by atoms with E-state index in [1.807, 2.05) is 0 Å². The summed E-state index contributed by atoms with van der Waals surface area (Å²) in [5.41, 5.74) is 0. The normalized spacial score (nSPS) is 12.2. The van der Waals surface area contributed by atoms with Gasteiger partial charge in [0.2, 0.25) is 5.91 Å². The third kappa shape index (κ3) is 47.0. The van der Waals surface area contributed by atoms with Crippen LogP contribution in [0.15, 0.2) is 0 Å². The highest BCUT2D eigenvalue weighted by molar-refractivity contribution is 8.24. The molecule has 11 heteroatoms. The Bertz CT molecular complexity index is 734. The lowest BCUT2D eigenvalue weighted by atomic mass is 10.1. The van der Waals surface area contributed by atoms with E-state index in [4.69, 9.17) is 9.47 Å². The van der Waals surface area contributed by atoms with E-state index < -0.39 is 10.6 Å². The molecule has 312 valence electrons. The van der Waals surface area contributed by atoms with Crippen molar-refractivity contribution in [1.82, 2.24) is 10.4 Å². The third-order valence-electron chi connectivity index (χ3n) is 8.71. The number of carbonyl (C=O) groups excluding carboxylic acids is 2. The second kappa shape index (κ2) is 41.8. The molecule has 6 N–H and O–H groups in total. The van der Waals surface area contributed by atoms with E-state index in [1.54, 1.807) is 0 Å². The van der Waals surface area contributed by atoms with E-state index in [1.165, 1.54) is 127 Å². The number of nitrogens with zero attached hydrogens (tertiary/aromatic N) is 1. The minimum Gasteiger partial charge on any atom is -0.462 e. The van der Waals surface area contributed by atoms with Gasteiger partial charge >= 0.3 is 5.97 Å². The van der Waals surface area contributed by atoms with Crippen molar-refractivity contribution in [2.24, 2.45) is 0 Å². The average Bonchev–Trinajstić information content (AvgIpc) is 3.06. The van der Waals surface area contributed by atoms with Gasteiger partial charge in [-0.3, -0.25) is 18.7 Å². The van der Waals surface area contributed by atoms with Crippen LogP contribution >= 0.6 is 10.6 Å². The van der Waals surface area contributed by atoms with Crippen molar-refractivity contribution in [3.05, 3.63) is 0 Å². The largest absolute Gasteiger partial charge is 0.462 e. The molecule has 0 aliphatic heterocycles. The van der Waals surface area contributed by atoms with Crippen molar-refractivity contribution in [2.45, 2.75) is 201 Å². The molecule has 0 radical (unpaired) electrons. The van der Waals surface area contributed by atoms with Gasteiger partial charge in [-0.1, -0.05) is 137 Å². The number of hydrogen-bond acceptors (Lipinski definition) is 8. The van der Waals surface area contributed by atoms with Gasteiger partial charge in [-0.2, -0.15) is 15.7 Å². The number of ether oxygens (including phenoxy) is 2. The molecule has 0 aromatic rings. The van der Waals surface area contributed by atoms with Gasteiger partial charge in [0, 0.05) is 47.0 Å². The van der Waals surface area contributed by atoms with Gasteiger partial charge in [0.1, 0.15) is 11.9 Å². The monoisotopic (exact) mass is 757 g/mol. The smallest absolute Gasteiger partial charge is 0.306 e. The number of hydroxylamine groups is 2. The van der Waals surface area contributed by atoms with E-state index in [0.29, 0.717) is 32.5 Å². The van der Waals surface area contributed by atoms with Crippen LogP contribution in [0.1, 0.15) is 196 Å². The summed E-state index contributed by atoms with van der Waals surface area (Å²) in [5.74, 6) is -0.602. The molecule has 0 fully saturated rings. The van der Waals surface area contributed by atoms with Crippen LogP contribution in [0, 0.1) is 0 Å². The van der Waals surface area contributed by atoms with Crippen molar-refractivity contribution in [1.29, 1.82) is 0 Å². The first-order chi connectivity index (χ1) is 24.1. The Morgan fingerprint density at radius 3 is 1.65 bits per heavy atom. The van der Waals surface area contributed by atoms with E-state index in [2.05, 4.69) is 33.0 Å². The van der Waals surface area contributed by atoms with Gasteiger partial charge in [-0.05, 0) is 51.4 Å². The van der Waals surface area contributed by atoms with Crippen LogP contribution in [-0.4, -0.2) is 87.7 Å². The van der Waals surface area contributed by atoms with Crippen LogP contribution in [0.3, 0.4) is 0 Å². The molecule has 0 heterocycles. The van der Waals surface area contributed by atoms with E-state index in [0.717, 1.165) is 51.7 Å². The Kier molecular flexibility index (Phi) is 44.6. The summed E-state index contributed by atoms with van der Waals surface area (Å²) in [4.78, 5) is 23.3. The van der Waals surface area contributed by atoms with Crippen LogP contribution in [-0.2, 0) is 19.1 Å². The first kappa shape index (κ1) is 54.4. The highest BCUT2D eigenvalue weighted by Gasteiger charge is 2.14. The van der Waals surface area contributed by atoms with Crippen LogP contribution in [0.2, 0.25) is 0 Å². The highest BCUT2D eigenvalue weighted by Crippen LogP contribution is 2.32. The summed E-state index contributed by atoms with van der Waals surface area (Å²) in [6.07, 6.45) is 31.4. The standard InChI is InChI=1S/C22H48N2O5S.C18H36O2.H2O.H2/c1-3-4-5-6-10-13-19-29-20-14-11-8-7-9-12-17-24(26)18-15-16-23-22(25)21-30(2,27)28;1-4-7-10-11-13-16-18(19)20-17(14-9-6-3)15-12-8-5-2;;/h26-28H,3-21H2,1-2H3,(H,23,25);17H,4-16H2,1-3H3;1H2;1H. The van der Waals surface area contributed by atoms with E-state index >= 15 is 0 Å². The summed E-state index contributed by atoms with van der Waals surface area (Å²) in [6, 6.07) is 0. The quantitative estimate of drug-likeness (QED) is 0.0279. The zero-order chi connectivity index (χ0) is 37.6. The fourth-order valence-corrected chi connectivity index (χ4v) is 6.23. The van der Waals surface area contributed by atoms with Gasteiger partial charge in [-0.15, -0.1) is 0 Å². The minimum atomic E-state index is -2.79. The maximum Gasteiger partial charge on any atom is 0.306 e. The summed E-state index contributed by atoms with van der Waals surface area (Å²) in [7, 11) is -2.79. The van der Waals surface area contributed by atoms with Gasteiger partial charge < -0.3 is 25.5 Å². The fraction of sp³-hybridized carbons (Fsp3) is 0.950. The molecule has 1 unspecified atom stereocenters. The Morgan fingerprint density at radius 1 is 0.647 bits per heavy atom. The number of carbonyl (C=O) groups is 2. The van der Waals surface area contributed by atoms with Crippen molar-refractivity contribution in [3.63, 3.8) is 0 Å². The highest BCUT2D eigenvalue weighted by atomic mass is 32.3. The van der Waals surface area contributed by atoms with Gasteiger partial charge in [0.05, 0.1) is 0 Å². The number of rotatable bonds is 36. The molecule has 0 saturated carbocycles. The Labute approximate surface area is 318 Å². The van der Waals surface area contributed by atoms with E-state index in [-0.39, 0.29) is 30.6 Å². The number of unbranched alkanes of at least 4 members (excludes halogenated alkanes) is 17. The molecule has 0 aromatic carbocycles. The van der Waals surface area contributed by atoms with E-state index in [9.17, 15) is 23.9 Å². The van der Waals surface area contributed by atoms with Crippen LogP contribution in [0.4, 0.5) is 0 Å². The third-order valence-corrected chi connectivity index (χ3v) is 9.52. The molecular formula is C40H88N2O8S. The molecule has 1 atom stereocenters. The minimum absolute atomic E-state index is 0. The number of nitrogens with one attached hydrogen (secondary N) is 1.